The fourth-order valence-corrected chi connectivity index (χ4v) is 1.30. The molecule has 0 heterocycles. The molecule has 0 amide bonds. The van der Waals surface area contributed by atoms with Crippen molar-refractivity contribution in [3.05, 3.63) is 41.8 Å². The first-order valence-corrected chi connectivity index (χ1v) is 4.66. The Morgan fingerprint density at radius 1 is 1.33 bits per heavy atom. The monoisotopic (exact) mass is 161 g/mol. The highest BCUT2D eigenvalue weighted by molar-refractivity contribution is 5.28. The standard InChI is InChI=1S/C12H17/c1-4-11-6-5-7-12(9-11)8-10(2)3/h5-10H,4H2,1-3H3. The van der Waals surface area contributed by atoms with Gasteiger partial charge >= 0.3 is 0 Å². The summed E-state index contributed by atoms with van der Waals surface area (Å²) in [5.74, 6) is 0.636. The Bertz CT molecular complexity index is 236. The van der Waals surface area contributed by atoms with Gasteiger partial charge in [0.15, 0.2) is 0 Å². The molecule has 0 atom stereocenters. The summed E-state index contributed by atoms with van der Waals surface area (Å²) in [4.78, 5) is 0. The first-order chi connectivity index (χ1) is 5.72. The molecule has 0 nitrogen and oxygen atoms in total. The predicted octanol–water partition coefficient (Wildman–Crippen LogP) is 3.46. The number of rotatable bonds is 3. The van der Waals surface area contributed by atoms with E-state index >= 15 is 0 Å². The second-order valence-electron chi connectivity index (χ2n) is 3.51. The van der Waals surface area contributed by atoms with Crippen molar-refractivity contribution in [1.82, 2.24) is 0 Å². The average Bonchev–Trinajstić information content (AvgIpc) is 2.03. The van der Waals surface area contributed by atoms with Gasteiger partial charge in [0.25, 0.3) is 0 Å². The lowest BCUT2D eigenvalue weighted by molar-refractivity contribution is 0.776. The molecular weight excluding hydrogens is 144 g/mol. The topological polar surface area (TPSA) is 0 Å². The van der Waals surface area contributed by atoms with Crippen LogP contribution in [-0.4, -0.2) is 0 Å². The molecule has 0 heteroatoms. The van der Waals surface area contributed by atoms with Crippen LogP contribution in [0, 0.1) is 12.3 Å². The summed E-state index contributed by atoms with van der Waals surface area (Å²) in [7, 11) is 0. The van der Waals surface area contributed by atoms with Crippen molar-refractivity contribution < 1.29 is 0 Å². The van der Waals surface area contributed by atoms with Crippen molar-refractivity contribution in [2.24, 2.45) is 5.92 Å². The second kappa shape index (κ2) is 4.30. The summed E-state index contributed by atoms with van der Waals surface area (Å²) in [6, 6.07) is 8.74. The Morgan fingerprint density at radius 2 is 2.08 bits per heavy atom. The van der Waals surface area contributed by atoms with Crippen molar-refractivity contribution in [1.29, 1.82) is 0 Å². The summed E-state index contributed by atoms with van der Waals surface area (Å²) in [6.07, 6.45) is 3.42. The van der Waals surface area contributed by atoms with Crippen LogP contribution in [0.5, 0.6) is 0 Å². The van der Waals surface area contributed by atoms with Crippen LogP contribution in [0.1, 0.15) is 31.9 Å². The number of aryl methyl sites for hydroxylation is 1. The minimum absolute atomic E-state index is 0.636. The fraction of sp³-hybridized carbons (Fsp3) is 0.417. The predicted molar refractivity (Wildman–Crippen MR) is 54.1 cm³/mol. The van der Waals surface area contributed by atoms with Gasteiger partial charge in [0.2, 0.25) is 0 Å². The Kier molecular flexibility index (Phi) is 3.33. The Balaban J connectivity index is 2.72. The SMILES string of the molecule is CCc1cccc([CH]C(C)C)c1. The summed E-state index contributed by atoms with van der Waals surface area (Å²) < 4.78 is 0. The minimum Gasteiger partial charge on any atom is -0.0622 e. The molecule has 0 aliphatic carbocycles. The third-order valence-corrected chi connectivity index (χ3v) is 1.89. The maximum absolute atomic E-state index is 2.29. The van der Waals surface area contributed by atoms with Gasteiger partial charge in [0.1, 0.15) is 0 Å². The molecule has 1 rings (SSSR count). The van der Waals surface area contributed by atoms with Crippen molar-refractivity contribution >= 4 is 0 Å². The lowest BCUT2D eigenvalue weighted by Crippen LogP contribution is -1.91. The van der Waals surface area contributed by atoms with Crippen LogP contribution in [-0.2, 0) is 6.42 Å². The molecule has 1 aromatic rings. The Hall–Kier alpha value is -0.780. The van der Waals surface area contributed by atoms with Crippen molar-refractivity contribution in [2.45, 2.75) is 27.2 Å². The second-order valence-corrected chi connectivity index (χ2v) is 3.51. The van der Waals surface area contributed by atoms with E-state index < -0.39 is 0 Å². The molecule has 0 aliphatic rings. The number of hydrogen-bond acceptors (Lipinski definition) is 0. The summed E-state index contributed by atoms with van der Waals surface area (Å²) in [5, 5.41) is 0. The van der Waals surface area contributed by atoms with Gasteiger partial charge in [-0.25, -0.2) is 0 Å². The lowest BCUT2D eigenvalue weighted by Gasteiger charge is -2.05. The molecule has 0 bridgehead atoms. The maximum atomic E-state index is 2.29. The van der Waals surface area contributed by atoms with E-state index in [1.165, 1.54) is 11.1 Å². The quantitative estimate of drug-likeness (QED) is 0.637. The molecule has 12 heavy (non-hydrogen) atoms. The third kappa shape index (κ3) is 2.69. The molecular formula is C12H17. The molecule has 0 saturated carbocycles. The van der Waals surface area contributed by atoms with Crippen LogP contribution < -0.4 is 0 Å². The highest BCUT2D eigenvalue weighted by Crippen LogP contribution is 2.12. The molecule has 0 aliphatic heterocycles. The van der Waals surface area contributed by atoms with Gasteiger partial charge in [-0.05, 0) is 29.9 Å². The summed E-state index contributed by atoms with van der Waals surface area (Å²) >= 11 is 0. The van der Waals surface area contributed by atoms with Crippen LogP contribution in [0.4, 0.5) is 0 Å². The first-order valence-electron chi connectivity index (χ1n) is 4.66. The van der Waals surface area contributed by atoms with Gasteiger partial charge in [0, 0.05) is 0 Å². The van der Waals surface area contributed by atoms with E-state index in [0.717, 1.165) is 6.42 Å². The van der Waals surface area contributed by atoms with E-state index in [1.807, 2.05) is 0 Å². The first kappa shape index (κ1) is 9.31. The van der Waals surface area contributed by atoms with Crippen molar-refractivity contribution in [3.63, 3.8) is 0 Å². The zero-order valence-corrected chi connectivity index (χ0v) is 8.17. The molecule has 0 spiro atoms. The normalized spacial score (nSPS) is 10.7. The third-order valence-electron chi connectivity index (χ3n) is 1.89. The zero-order chi connectivity index (χ0) is 8.97. The molecule has 0 saturated heterocycles. The van der Waals surface area contributed by atoms with Crippen LogP contribution in [0.15, 0.2) is 24.3 Å². The number of hydrogen-bond donors (Lipinski definition) is 0. The van der Waals surface area contributed by atoms with Gasteiger partial charge in [-0.3, -0.25) is 0 Å². The van der Waals surface area contributed by atoms with Gasteiger partial charge < -0.3 is 0 Å². The van der Waals surface area contributed by atoms with E-state index in [9.17, 15) is 0 Å². The average molecular weight is 161 g/mol. The van der Waals surface area contributed by atoms with Crippen molar-refractivity contribution in [3.8, 4) is 0 Å². The Labute approximate surface area is 75.6 Å². The van der Waals surface area contributed by atoms with E-state index in [0.29, 0.717) is 5.92 Å². The van der Waals surface area contributed by atoms with Gasteiger partial charge in [-0.1, -0.05) is 45.0 Å². The van der Waals surface area contributed by atoms with Crippen molar-refractivity contribution in [2.75, 3.05) is 0 Å². The van der Waals surface area contributed by atoms with Crippen LogP contribution in [0.3, 0.4) is 0 Å². The minimum atomic E-state index is 0.636. The fourth-order valence-electron chi connectivity index (χ4n) is 1.30. The van der Waals surface area contributed by atoms with Crippen LogP contribution >= 0.6 is 0 Å². The number of benzene rings is 1. The molecule has 65 valence electrons. The lowest BCUT2D eigenvalue weighted by atomic mass is 10.0. The van der Waals surface area contributed by atoms with E-state index in [4.69, 9.17) is 0 Å². The molecule has 0 fully saturated rings. The van der Waals surface area contributed by atoms with E-state index in [1.54, 1.807) is 0 Å². The molecule has 0 aromatic heterocycles. The van der Waals surface area contributed by atoms with Gasteiger partial charge in [-0.2, -0.15) is 0 Å². The van der Waals surface area contributed by atoms with E-state index in [-0.39, 0.29) is 0 Å². The largest absolute Gasteiger partial charge is 0.0622 e. The molecule has 1 aromatic carbocycles. The molecule has 1 radical (unpaired) electrons. The highest BCUT2D eigenvalue weighted by atomic mass is 14.0. The summed E-state index contributed by atoms with van der Waals surface area (Å²) in [6.45, 7) is 6.60. The zero-order valence-electron chi connectivity index (χ0n) is 8.17. The smallest absolute Gasteiger partial charge is 0.00675 e. The maximum Gasteiger partial charge on any atom is -0.00675 e. The molecule has 0 unspecified atom stereocenters. The van der Waals surface area contributed by atoms with E-state index in [2.05, 4.69) is 51.5 Å². The van der Waals surface area contributed by atoms with Gasteiger partial charge in [0.05, 0.1) is 0 Å². The Morgan fingerprint density at radius 3 is 2.67 bits per heavy atom. The van der Waals surface area contributed by atoms with Crippen LogP contribution in [0.25, 0.3) is 0 Å². The van der Waals surface area contributed by atoms with Gasteiger partial charge in [-0.15, -0.1) is 0 Å². The highest BCUT2D eigenvalue weighted by Gasteiger charge is 1.98. The molecule has 0 N–H and O–H groups in total. The van der Waals surface area contributed by atoms with Crippen LogP contribution in [0.2, 0.25) is 0 Å². The summed E-state index contributed by atoms with van der Waals surface area (Å²) in [5.41, 5.74) is 2.77.